The van der Waals surface area contributed by atoms with Crippen molar-refractivity contribution < 1.29 is 9.59 Å². The van der Waals surface area contributed by atoms with Crippen LogP contribution in [0.5, 0.6) is 0 Å². The molecule has 1 atom stereocenters. The van der Waals surface area contributed by atoms with Gasteiger partial charge < -0.3 is 15.2 Å². The number of rotatable bonds is 3. The molecule has 1 unspecified atom stereocenters. The van der Waals surface area contributed by atoms with E-state index in [0.29, 0.717) is 25.1 Å². The number of likely N-dealkylation sites (tertiary alicyclic amines) is 1. The Kier molecular flexibility index (Phi) is 4.46. The van der Waals surface area contributed by atoms with Gasteiger partial charge in [-0.3, -0.25) is 14.4 Å². The molecule has 1 fully saturated rings. The van der Waals surface area contributed by atoms with Gasteiger partial charge in [0.2, 0.25) is 0 Å². The third-order valence-electron chi connectivity index (χ3n) is 4.83. The third kappa shape index (κ3) is 3.60. The monoisotopic (exact) mass is 361 g/mol. The zero-order chi connectivity index (χ0) is 18.8. The number of carbonyl (C=O) groups is 2. The molecular formula is C21H19N3O3. The largest absolute Gasteiger partial charge is 0.357 e. The van der Waals surface area contributed by atoms with Gasteiger partial charge in [-0.05, 0) is 29.3 Å². The SMILES string of the molecule is O=C(NC1CCN(C(=O)c2cc(=O)cc[nH]2)C1)c1ccc2ccccc2c1. The van der Waals surface area contributed by atoms with E-state index >= 15 is 0 Å². The number of benzene rings is 2. The second-order valence-electron chi connectivity index (χ2n) is 6.71. The smallest absolute Gasteiger partial charge is 0.270 e. The van der Waals surface area contributed by atoms with Crippen LogP contribution in [0.15, 0.2) is 65.6 Å². The Balaban J connectivity index is 1.42. The Morgan fingerprint density at radius 3 is 2.67 bits per heavy atom. The standard InChI is InChI=1S/C21H19N3O3/c25-18-7-9-22-19(12-18)21(27)24-10-8-17(13-24)23-20(26)16-6-5-14-3-1-2-4-15(14)11-16/h1-7,9,11-12,17H,8,10,13H2,(H,22,25)(H,23,26). The zero-order valence-corrected chi connectivity index (χ0v) is 14.6. The van der Waals surface area contributed by atoms with Crippen LogP contribution in [0.2, 0.25) is 0 Å². The lowest BCUT2D eigenvalue weighted by Gasteiger charge is -2.17. The second kappa shape index (κ2) is 7.07. The van der Waals surface area contributed by atoms with Gasteiger partial charge in [0.25, 0.3) is 11.8 Å². The first-order chi connectivity index (χ1) is 13.1. The highest BCUT2D eigenvalue weighted by Gasteiger charge is 2.28. The lowest BCUT2D eigenvalue weighted by Crippen LogP contribution is -2.38. The van der Waals surface area contributed by atoms with Crippen LogP contribution in [-0.2, 0) is 0 Å². The van der Waals surface area contributed by atoms with Crippen LogP contribution in [0.25, 0.3) is 10.8 Å². The van der Waals surface area contributed by atoms with Gasteiger partial charge in [0.1, 0.15) is 5.69 Å². The van der Waals surface area contributed by atoms with Gasteiger partial charge in [-0.15, -0.1) is 0 Å². The molecule has 2 heterocycles. The van der Waals surface area contributed by atoms with Gasteiger partial charge in [-0.25, -0.2) is 0 Å². The number of H-pyrrole nitrogens is 1. The van der Waals surface area contributed by atoms with Crippen LogP contribution in [0.1, 0.15) is 27.3 Å². The van der Waals surface area contributed by atoms with Crippen molar-refractivity contribution >= 4 is 22.6 Å². The molecule has 0 saturated carbocycles. The Hall–Kier alpha value is -3.41. The summed E-state index contributed by atoms with van der Waals surface area (Å²) in [6.07, 6.45) is 2.15. The molecule has 1 aromatic heterocycles. The van der Waals surface area contributed by atoms with E-state index in [9.17, 15) is 14.4 Å². The highest BCUT2D eigenvalue weighted by molar-refractivity contribution is 5.99. The van der Waals surface area contributed by atoms with E-state index < -0.39 is 0 Å². The predicted molar refractivity (Wildman–Crippen MR) is 103 cm³/mol. The van der Waals surface area contributed by atoms with E-state index in [1.54, 1.807) is 4.90 Å². The van der Waals surface area contributed by atoms with Crippen LogP contribution >= 0.6 is 0 Å². The summed E-state index contributed by atoms with van der Waals surface area (Å²) in [5.74, 6) is -0.372. The minimum absolute atomic E-state index is 0.108. The number of aromatic amines is 1. The number of pyridine rings is 1. The van der Waals surface area contributed by atoms with Crippen molar-refractivity contribution in [2.75, 3.05) is 13.1 Å². The lowest BCUT2D eigenvalue weighted by atomic mass is 10.1. The number of amides is 2. The summed E-state index contributed by atoms with van der Waals surface area (Å²) in [6.45, 7) is 0.966. The fraction of sp³-hybridized carbons (Fsp3) is 0.190. The van der Waals surface area contributed by atoms with E-state index in [2.05, 4.69) is 10.3 Å². The molecule has 1 aliphatic heterocycles. The number of nitrogens with one attached hydrogen (secondary N) is 2. The number of carbonyl (C=O) groups excluding carboxylic acids is 2. The number of aromatic nitrogens is 1. The Bertz CT molecular complexity index is 1070. The van der Waals surface area contributed by atoms with E-state index in [-0.39, 0.29) is 29.0 Å². The van der Waals surface area contributed by atoms with Crippen LogP contribution in [0.3, 0.4) is 0 Å². The molecule has 2 aromatic carbocycles. The van der Waals surface area contributed by atoms with Crippen LogP contribution in [-0.4, -0.2) is 40.8 Å². The Morgan fingerprint density at radius 2 is 1.85 bits per heavy atom. The molecule has 2 N–H and O–H groups in total. The molecule has 2 amide bonds. The number of hydrogen-bond donors (Lipinski definition) is 2. The molecule has 1 saturated heterocycles. The minimum atomic E-state index is -0.227. The van der Waals surface area contributed by atoms with Gasteiger partial charge >= 0.3 is 0 Å². The molecule has 6 heteroatoms. The number of nitrogens with zero attached hydrogens (tertiary/aromatic N) is 1. The molecule has 4 rings (SSSR count). The van der Waals surface area contributed by atoms with Crippen LogP contribution in [0.4, 0.5) is 0 Å². The Labute approximate surface area is 155 Å². The van der Waals surface area contributed by atoms with E-state index in [4.69, 9.17) is 0 Å². The quantitative estimate of drug-likeness (QED) is 0.750. The summed E-state index contributed by atoms with van der Waals surface area (Å²) in [7, 11) is 0. The van der Waals surface area contributed by atoms with Crippen molar-refractivity contribution in [3.05, 3.63) is 82.3 Å². The van der Waals surface area contributed by atoms with Crippen molar-refractivity contribution in [3.63, 3.8) is 0 Å². The van der Waals surface area contributed by atoms with Crippen molar-refractivity contribution in [1.82, 2.24) is 15.2 Å². The fourth-order valence-electron chi connectivity index (χ4n) is 3.40. The average molecular weight is 361 g/mol. The molecule has 1 aliphatic rings. The van der Waals surface area contributed by atoms with Crippen LogP contribution < -0.4 is 10.7 Å². The molecular weight excluding hydrogens is 342 g/mol. The summed E-state index contributed by atoms with van der Waals surface area (Å²) in [5, 5.41) is 5.10. The Morgan fingerprint density at radius 1 is 1.04 bits per heavy atom. The van der Waals surface area contributed by atoms with Crippen molar-refractivity contribution in [3.8, 4) is 0 Å². The third-order valence-corrected chi connectivity index (χ3v) is 4.83. The molecule has 6 nitrogen and oxygen atoms in total. The normalized spacial score (nSPS) is 16.4. The highest BCUT2D eigenvalue weighted by Crippen LogP contribution is 2.17. The summed E-state index contributed by atoms with van der Waals surface area (Å²) in [4.78, 5) is 40.9. The summed E-state index contributed by atoms with van der Waals surface area (Å²) in [5.41, 5.74) is 0.660. The van der Waals surface area contributed by atoms with Gasteiger partial charge in [0.15, 0.2) is 5.43 Å². The van der Waals surface area contributed by atoms with Gasteiger partial charge in [-0.1, -0.05) is 30.3 Å². The molecule has 136 valence electrons. The van der Waals surface area contributed by atoms with Crippen molar-refractivity contribution in [2.24, 2.45) is 0 Å². The second-order valence-corrected chi connectivity index (χ2v) is 6.71. The molecule has 0 bridgehead atoms. The maximum absolute atomic E-state index is 12.6. The van der Waals surface area contributed by atoms with E-state index in [1.165, 1.54) is 18.3 Å². The number of hydrogen-bond acceptors (Lipinski definition) is 3. The number of fused-ring (bicyclic) bond motifs is 1. The first-order valence-corrected chi connectivity index (χ1v) is 8.88. The predicted octanol–water partition coefficient (Wildman–Crippen LogP) is 2.17. The summed E-state index contributed by atoms with van der Waals surface area (Å²) >= 11 is 0. The molecule has 3 aromatic rings. The van der Waals surface area contributed by atoms with Crippen molar-refractivity contribution in [1.29, 1.82) is 0 Å². The zero-order valence-electron chi connectivity index (χ0n) is 14.6. The molecule has 0 radical (unpaired) electrons. The average Bonchev–Trinajstić information content (AvgIpc) is 3.15. The van der Waals surface area contributed by atoms with E-state index in [0.717, 1.165) is 10.8 Å². The maximum Gasteiger partial charge on any atom is 0.270 e. The van der Waals surface area contributed by atoms with Crippen molar-refractivity contribution in [2.45, 2.75) is 12.5 Å². The van der Waals surface area contributed by atoms with Gasteiger partial charge in [-0.2, -0.15) is 0 Å². The van der Waals surface area contributed by atoms with E-state index in [1.807, 2.05) is 42.5 Å². The summed E-state index contributed by atoms with van der Waals surface area (Å²) < 4.78 is 0. The van der Waals surface area contributed by atoms with Gasteiger partial charge in [0.05, 0.1) is 0 Å². The van der Waals surface area contributed by atoms with Gasteiger partial charge in [0, 0.05) is 43.0 Å². The minimum Gasteiger partial charge on any atom is -0.357 e. The molecule has 0 aliphatic carbocycles. The first-order valence-electron chi connectivity index (χ1n) is 8.88. The fourth-order valence-corrected chi connectivity index (χ4v) is 3.40. The lowest BCUT2D eigenvalue weighted by molar-refractivity contribution is 0.0777. The topological polar surface area (TPSA) is 82.3 Å². The molecule has 0 spiro atoms. The maximum atomic E-state index is 12.6. The summed E-state index contributed by atoms with van der Waals surface area (Å²) in [6, 6.07) is 16.1. The highest BCUT2D eigenvalue weighted by atomic mass is 16.2. The van der Waals surface area contributed by atoms with Crippen LogP contribution in [0, 0.1) is 0 Å². The molecule has 27 heavy (non-hydrogen) atoms. The first kappa shape index (κ1) is 17.0.